The van der Waals surface area contributed by atoms with Gasteiger partial charge < -0.3 is 16.0 Å². The van der Waals surface area contributed by atoms with Crippen LogP contribution in [0.25, 0.3) is 0 Å². The molecule has 4 nitrogen and oxygen atoms in total. The number of hydrogen-bond acceptors (Lipinski definition) is 2. The van der Waals surface area contributed by atoms with Crippen LogP contribution in [0.5, 0.6) is 0 Å². The third kappa shape index (κ3) is 2.70. The molecular weight excluding hydrogens is 214 g/mol. The van der Waals surface area contributed by atoms with Crippen LogP contribution < -0.4 is 11.1 Å². The van der Waals surface area contributed by atoms with Crippen molar-refractivity contribution in [3.63, 3.8) is 0 Å². The zero-order chi connectivity index (χ0) is 12.4. The Morgan fingerprint density at radius 1 is 1.47 bits per heavy atom. The second-order valence-corrected chi connectivity index (χ2v) is 4.90. The summed E-state index contributed by atoms with van der Waals surface area (Å²) in [5, 5.41) is 2.88. The lowest BCUT2D eigenvalue weighted by Crippen LogP contribution is -2.37. The van der Waals surface area contributed by atoms with E-state index in [2.05, 4.69) is 19.2 Å². The van der Waals surface area contributed by atoms with Gasteiger partial charge in [0.1, 0.15) is 0 Å². The highest BCUT2D eigenvalue weighted by Crippen LogP contribution is 2.23. The molecule has 0 radical (unpaired) electrons. The first-order chi connectivity index (χ1) is 8.06. The van der Waals surface area contributed by atoms with Crippen molar-refractivity contribution in [3.05, 3.63) is 24.3 Å². The fourth-order valence-electron chi connectivity index (χ4n) is 2.39. The highest BCUT2D eigenvalue weighted by Gasteiger charge is 2.29. The maximum Gasteiger partial charge on any atom is 0.322 e. The molecule has 1 aliphatic heterocycles. The van der Waals surface area contributed by atoms with Gasteiger partial charge in [-0.05, 0) is 37.5 Å². The van der Waals surface area contributed by atoms with Crippen molar-refractivity contribution in [1.29, 1.82) is 0 Å². The van der Waals surface area contributed by atoms with E-state index >= 15 is 0 Å². The zero-order valence-corrected chi connectivity index (χ0v) is 10.3. The SMILES string of the molecule is CC1CC(C)N(C(=O)Nc2cccc(N)c2)C1. The highest BCUT2D eigenvalue weighted by atomic mass is 16.2. The van der Waals surface area contributed by atoms with Crippen molar-refractivity contribution in [1.82, 2.24) is 4.90 Å². The van der Waals surface area contributed by atoms with E-state index in [1.54, 1.807) is 12.1 Å². The van der Waals surface area contributed by atoms with Gasteiger partial charge in [-0.25, -0.2) is 4.79 Å². The van der Waals surface area contributed by atoms with Crippen molar-refractivity contribution in [2.24, 2.45) is 5.92 Å². The van der Waals surface area contributed by atoms with E-state index in [9.17, 15) is 4.79 Å². The average molecular weight is 233 g/mol. The summed E-state index contributed by atoms with van der Waals surface area (Å²) in [7, 11) is 0. The summed E-state index contributed by atoms with van der Waals surface area (Å²) >= 11 is 0. The number of anilines is 2. The second kappa shape index (κ2) is 4.65. The molecule has 4 heteroatoms. The number of nitrogen functional groups attached to an aromatic ring is 1. The summed E-state index contributed by atoms with van der Waals surface area (Å²) in [6.07, 6.45) is 1.07. The van der Waals surface area contributed by atoms with Crippen molar-refractivity contribution in [2.45, 2.75) is 26.3 Å². The summed E-state index contributed by atoms with van der Waals surface area (Å²) < 4.78 is 0. The number of urea groups is 1. The molecule has 1 fully saturated rings. The summed E-state index contributed by atoms with van der Waals surface area (Å²) in [6.45, 7) is 5.09. The van der Waals surface area contributed by atoms with Gasteiger partial charge in [0.25, 0.3) is 0 Å². The Bertz CT molecular complexity index is 419. The first-order valence-corrected chi connectivity index (χ1v) is 5.99. The molecule has 0 spiro atoms. The van der Waals surface area contributed by atoms with Crippen molar-refractivity contribution < 1.29 is 4.79 Å². The predicted molar refractivity (Wildman–Crippen MR) is 69.8 cm³/mol. The zero-order valence-electron chi connectivity index (χ0n) is 10.3. The van der Waals surface area contributed by atoms with Crippen LogP contribution in [0, 0.1) is 5.92 Å². The number of rotatable bonds is 1. The van der Waals surface area contributed by atoms with E-state index < -0.39 is 0 Å². The van der Waals surface area contributed by atoms with E-state index in [1.807, 2.05) is 17.0 Å². The van der Waals surface area contributed by atoms with Crippen LogP contribution in [0.4, 0.5) is 16.2 Å². The lowest BCUT2D eigenvalue weighted by Gasteiger charge is -2.22. The van der Waals surface area contributed by atoms with Gasteiger partial charge in [0.15, 0.2) is 0 Å². The van der Waals surface area contributed by atoms with Gasteiger partial charge in [0, 0.05) is 24.0 Å². The molecular formula is C13H19N3O. The molecule has 1 heterocycles. The number of nitrogens with two attached hydrogens (primary N) is 1. The van der Waals surface area contributed by atoms with E-state index in [4.69, 9.17) is 5.73 Å². The molecule has 0 saturated carbocycles. The number of benzene rings is 1. The van der Waals surface area contributed by atoms with Crippen LogP contribution in [0.3, 0.4) is 0 Å². The maximum atomic E-state index is 12.1. The first kappa shape index (κ1) is 11.8. The Kier molecular flexibility index (Phi) is 3.22. The lowest BCUT2D eigenvalue weighted by atomic mass is 10.1. The van der Waals surface area contributed by atoms with Crippen LogP contribution in [0.1, 0.15) is 20.3 Å². The third-order valence-corrected chi connectivity index (χ3v) is 3.18. The molecule has 0 bridgehead atoms. The summed E-state index contributed by atoms with van der Waals surface area (Å²) in [5.41, 5.74) is 7.08. The van der Waals surface area contributed by atoms with Gasteiger partial charge in [0.2, 0.25) is 0 Å². The number of nitrogens with zero attached hydrogens (tertiary/aromatic N) is 1. The van der Waals surface area contributed by atoms with E-state index in [0.29, 0.717) is 17.6 Å². The smallest absolute Gasteiger partial charge is 0.322 e. The van der Waals surface area contributed by atoms with E-state index in [-0.39, 0.29) is 6.03 Å². The Hall–Kier alpha value is -1.71. The monoisotopic (exact) mass is 233 g/mol. The quantitative estimate of drug-likeness (QED) is 0.732. The van der Waals surface area contributed by atoms with Crippen LogP contribution in [-0.4, -0.2) is 23.5 Å². The number of likely N-dealkylation sites (tertiary alicyclic amines) is 1. The maximum absolute atomic E-state index is 12.1. The summed E-state index contributed by atoms with van der Waals surface area (Å²) in [6, 6.07) is 7.52. The minimum atomic E-state index is -0.0348. The molecule has 1 aromatic carbocycles. The third-order valence-electron chi connectivity index (χ3n) is 3.18. The molecule has 2 amide bonds. The minimum absolute atomic E-state index is 0.0348. The first-order valence-electron chi connectivity index (χ1n) is 5.99. The van der Waals surface area contributed by atoms with Crippen LogP contribution in [0.2, 0.25) is 0 Å². The Morgan fingerprint density at radius 2 is 2.24 bits per heavy atom. The molecule has 1 aromatic rings. The van der Waals surface area contributed by atoms with E-state index in [1.165, 1.54) is 0 Å². The fraction of sp³-hybridized carbons (Fsp3) is 0.462. The van der Waals surface area contributed by atoms with Crippen molar-refractivity contribution in [2.75, 3.05) is 17.6 Å². The minimum Gasteiger partial charge on any atom is -0.399 e. The average Bonchev–Trinajstić information content (AvgIpc) is 2.58. The number of carbonyl (C=O) groups is 1. The largest absolute Gasteiger partial charge is 0.399 e. The molecule has 2 unspecified atom stereocenters. The molecule has 2 atom stereocenters. The van der Waals surface area contributed by atoms with Crippen LogP contribution in [0.15, 0.2) is 24.3 Å². The predicted octanol–water partition coefficient (Wildman–Crippen LogP) is 2.53. The van der Waals surface area contributed by atoms with Gasteiger partial charge in [-0.1, -0.05) is 13.0 Å². The number of hydrogen-bond donors (Lipinski definition) is 2. The normalized spacial score (nSPS) is 23.8. The van der Waals surface area contributed by atoms with Gasteiger partial charge in [-0.3, -0.25) is 0 Å². The fourth-order valence-corrected chi connectivity index (χ4v) is 2.39. The number of nitrogens with one attached hydrogen (secondary N) is 1. The standard InChI is InChI=1S/C13H19N3O/c1-9-6-10(2)16(8-9)13(17)15-12-5-3-4-11(14)7-12/h3-5,7,9-10H,6,8,14H2,1-2H3,(H,15,17). The molecule has 3 N–H and O–H groups in total. The summed E-state index contributed by atoms with van der Waals surface area (Å²) in [4.78, 5) is 13.9. The molecule has 1 aliphatic rings. The summed E-state index contributed by atoms with van der Waals surface area (Å²) in [5.74, 6) is 0.580. The van der Waals surface area contributed by atoms with Crippen molar-refractivity contribution >= 4 is 17.4 Å². The van der Waals surface area contributed by atoms with Crippen molar-refractivity contribution in [3.8, 4) is 0 Å². The highest BCUT2D eigenvalue weighted by molar-refractivity contribution is 5.90. The van der Waals surface area contributed by atoms with Gasteiger partial charge in [-0.2, -0.15) is 0 Å². The molecule has 92 valence electrons. The Balaban J connectivity index is 2.02. The topological polar surface area (TPSA) is 58.4 Å². The molecule has 0 aromatic heterocycles. The number of amides is 2. The molecule has 2 rings (SSSR count). The lowest BCUT2D eigenvalue weighted by molar-refractivity contribution is 0.209. The van der Waals surface area contributed by atoms with Crippen LogP contribution >= 0.6 is 0 Å². The van der Waals surface area contributed by atoms with E-state index in [0.717, 1.165) is 18.7 Å². The van der Waals surface area contributed by atoms with Gasteiger partial charge in [0.05, 0.1) is 0 Å². The second-order valence-electron chi connectivity index (χ2n) is 4.90. The van der Waals surface area contributed by atoms with Gasteiger partial charge >= 0.3 is 6.03 Å². The molecule has 1 saturated heterocycles. The Labute approximate surface area is 102 Å². The van der Waals surface area contributed by atoms with Crippen LogP contribution in [-0.2, 0) is 0 Å². The van der Waals surface area contributed by atoms with Gasteiger partial charge in [-0.15, -0.1) is 0 Å². The Morgan fingerprint density at radius 3 is 2.82 bits per heavy atom. The number of carbonyl (C=O) groups excluding carboxylic acids is 1. The molecule has 17 heavy (non-hydrogen) atoms. The molecule has 0 aliphatic carbocycles.